The second-order valence-electron chi connectivity index (χ2n) is 6.89. The summed E-state index contributed by atoms with van der Waals surface area (Å²) in [5.74, 6) is -3.71. The van der Waals surface area contributed by atoms with Gasteiger partial charge in [-0.2, -0.15) is 0 Å². The second-order valence-corrected chi connectivity index (χ2v) is 7.67. The van der Waals surface area contributed by atoms with E-state index in [0.29, 0.717) is 22.3 Å². The molecule has 0 spiro atoms. The molecule has 27 heavy (non-hydrogen) atoms. The molecule has 2 nitrogen and oxygen atoms in total. The van der Waals surface area contributed by atoms with Gasteiger partial charge in [0.1, 0.15) is 0 Å². The van der Waals surface area contributed by atoms with Crippen molar-refractivity contribution in [1.82, 2.24) is 0 Å². The SMILES string of the molecule is Cc1cc(C(C)(F)F)cc2c1C=C(C(=O)c1c(Cl)ccc(CO)c1Cl)C2C. The molecule has 0 fully saturated rings. The Labute approximate surface area is 166 Å². The molecule has 2 aromatic carbocycles. The highest BCUT2D eigenvalue weighted by Gasteiger charge is 2.33. The molecule has 1 atom stereocenters. The molecule has 0 heterocycles. The lowest BCUT2D eigenvalue weighted by molar-refractivity contribution is 0.0173. The Morgan fingerprint density at radius 1 is 1.26 bits per heavy atom. The molecule has 1 unspecified atom stereocenters. The summed E-state index contributed by atoms with van der Waals surface area (Å²) in [6.07, 6.45) is 1.72. The predicted octanol–water partition coefficient (Wildman–Crippen LogP) is 6.29. The number of ketones is 1. The molecule has 0 aliphatic heterocycles. The number of carbonyl (C=O) groups excluding carboxylic acids is 1. The molecule has 0 aromatic heterocycles. The number of aryl methyl sites for hydroxylation is 1. The number of Topliss-reactive ketones (excluding diaryl/α,β-unsaturated/α-hetero) is 1. The highest BCUT2D eigenvalue weighted by atomic mass is 35.5. The second kappa shape index (κ2) is 7.01. The van der Waals surface area contributed by atoms with Crippen LogP contribution >= 0.6 is 23.2 Å². The first-order valence-electron chi connectivity index (χ1n) is 8.43. The number of allylic oxidation sites excluding steroid dienone is 1. The van der Waals surface area contributed by atoms with Crippen molar-refractivity contribution in [3.63, 3.8) is 0 Å². The highest BCUT2D eigenvalue weighted by molar-refractivity contribution is 6.41. The zero-order valence-corrected chi connectivity index (χ0v) is 16.6. The van der Waals surface area contributed by atoms with Crippen LogP contribution in [0.15, 0.2) is 29.8 Å². The Morgan fingerprint density at radius 3 is 2.52 bits per heavy atom. The monoisotopic (exact) mass is 410 g/mol. The van der Waals surface area contributed by atoms with Gasteiger partial charge in [-0.3, -0.25) is 4.79 Å². The summed E-state index contributed by atoms with van der Waals surface area (Å²) in [7, 11) is 0. The van der Waals surface area contributed by atoms with Gasteiger partial charge < -0.3 is 5.11 Å². The summed E-state index contributed by atoms with van der Waals surface area (Å²) < 4.78 is 27.6. The Bertz CT molecular complexity index is 975. The van der Waals surface area contributed by atoms with Gasteiger partial charge in [-0.1, -0.05) is 36.2 Å². The van der Waals surface area contributed by atoms with Crippen LogP contribution in [-0.4, -0.2) is 10.9 Å². The van der Waals surface area contributed by atoms with Crippen LogP contribution in [0.5, 0.6) is 0 Å². The summed E-state index contributed by atoms with van der Waals surface area (Å²) in [5.41, 5.74) is 3.01. The lowest BCUT2D eigenvalue weighted by atomic mass is 9.90. The van der Waals surface area contributed by atoms with Crippen molar-refractivity contribution in [3.05, 3.63) is 73.3 Å². The van der Waals surface area contributed by atoms with Crippen LogP contribution in [-0.2, 0) is 12.5 Å². The van der Waals surface area contributed by atoms with E-state index in [1.54, 1.807) is 26.0 Å². The number of hydrogen-bond donors (Lipinski definition) is 1. The van der Waals surface area contributed by atoms with Gasteiger partial charge in [-0.15, -0.1) is 0 Å². The molecule has 0 amide bonds. The third-order valence-corrected chi connectivity index (χ3v) is 5.74. The minimum absolute atomic E-state index is 0.0777. The van der Waals surface area contributed by atoms with Gasteiger partial charge in [0.15, 0.2) is 5.78 Å². The summed E-state index contributed by atoms with van der Waals surface area (Å²) >= 11 is 12.5. The average Bonchev–Trinajstić information content (AvgIpc) is 2.92. The van der Waals surface area contributed by atoms with E-state index in [9.17, 15) is 18.7 Å². The Hall–Kier alpha value is -1.75. The molecule has 6 heteroatoms. The lowest BCUT2D eigenvalue weighted by Gasteiger charge is -2.17. The summed E-state index contributed by atoms with van der Waals surface area (Å²) in [5, 5.41) is 9.69. The van der Waals surface area contributed by atoms with Crippen LogP contribution in [0, 0.1) is 6.92 Å². The first-order chi connectivity index (χ1) is 12.6. The van der Waals surface area contributed by atoms with Crippen LogP contribution in [0.1, 0.15) is 57.9 Å². The van der Waals surface area contributed by atoms with Crippen molar-refractivity contribution in [2.24, 2.45) is 0 Å². The molecule has 1 aliphatic rings. The van der Waals surface area contributed by atoms with Gasteiger partial charge in [-0.25, -0.2) is 8.78 Å². The van der Waals surface area contributed by atoms with E-state index in [1.165, 1.54) is 18.2 Å². The summed E-state index contributed by atoms with van der Waals surface area (Å²) in [6.45, 7) is 4.08. The van der Waals surface area contributed by atoms with Crippen molar-refractivity contribution in [1.29, 1.82) is 0 Å². The maximum atomic E-state index is 13.8. The molecule has 1 N–H and O–H groups in total. The number of fused-ring (bicyclic) bond motifs is 1. The zero-order chi connectivity index (χ0) is 20.1. The largest absolute Gasteiger partial charge is 0.392 e. The van der Waals surface area contributed by atoms with E-state index in [-0.39, 0.29) is 39.5 Å². The van der Waals surface area contributed by atoms with Crippen LogP contribution < -0.4 is 0 Å². The summed E-state index contributed by atoms with van der Waals surface area (Å²) in [6, 6.07) is 5.97. The zero-order valence-electron chi connectivity index (χ0n) is 15.0. The number of halogens is 4. The normalized spacial score (nSPS) is 16.3. The minimum Gasteiger partial charge on any atom is -0.392 e. The number of alkyl halides is 2. The van der Waals surface area contributed by atoms with Crippen LogP contribution in [0.25, 0.3) is 6.08 Å². The number of rotatable bonds is 4. The Balaban J connectivity index is 2.09. The molecule has 3 rings (SSSR count). The lowest BCUT2D eigenvalue weighted by Crippen LogP contribution is -2.11. The maximum absolute atomic E-state index is 13.8. The fourth-order valence-corrected chi connectivity index (χ4v) is 4.02. The first kappa shape index (κ1) is 20.0. The average molecular weight is 411 g/mol. The van der Waals surface area contributed by atoms with Gasteiger partial charge in [0.25, 0.3) is 5.92 Å². The number of hydrogen-bond acceptors (Lipinski definition) is 2. The Morgan fingerprint density at radius 2 is 1.93 bits per heavy atom. The van der Waals surface area contributed by atoms with Crippen molar-refractivity contribution < 1.29 is 18.7 Å². The van der Waals surface area contributed by atoms with Crippen LogP contribution in [0.2, 0.25) is 10.0 Å². The van der Waals surface area contributed by atoms with E-state index >= 15 is 0 Å². The van der Waals surface area contributed by atoms with Gasteiger partial charge >= 0.3 is 0 Å². The topological polar surface area (TPSA) is 37.3 Å². The smallest absolute Gasteiger partial charge is 0.270 e. The van der Waals surface area contributed by atoms with Crippen LogP contribution in [0.4, 0.5) is 8.78 Å². The minimum atomic E-state index is -2.96. The molecule has 0 saturated heterocycles. The van der Waals surface area contributed by atoms with Crippen molar-refractivity contribution >= 4 is 35.1 Å². The van der Waals surface area contributed by atoms with Gasteiger partial charge in [0.2, 0.25) is 0 Å². The van der Waals surface area contributed by atoms with E-state index in [0.717, 1.165) is 12.5 Å². The standard InChI is InChI=1S/C21H18Cl2F2O2/c1-10-6-13(21(3,24)25)7-15-11(2)16(8-14(10)15)20(27)18-17(22)5-4-12(9-26)19(18)23/h4-8,11,26H,9H2,1-3H3. The summed E-state index contributed by atoms with van der Waals surface area (Å²) in [4.78, 5) is 13.2. The third-order valence-electron chi connectivity index (χ3n) is 4.99. The van der Waals surface area contributed by atoms with Gasteiger partial charge in [0, 0.05) is 24.0 Å². The molecular formula is C21H18Cl2F2O2. The van der Waals surface area contributed by atoms with E-state index in [1.807, 2.05) is 0 Å². The van der Waals surface area contributed by atoms with Crippen molar-refractivity contribution in [2.45, 2.75) is 39.2 Å². The molecular weight excluding hydrogens is 393 g/mol. The maximum Gasteiger partial charge on any atom is 0.270 e. The number of benzene rings is 2. The number of aliphatic hydroxyl groups is 1. The van der Waals surface area contributed by atoms with E-state index < -0.39 is 5.92 Å². The molecule has 1 aliphatic carbocycles. The fraction of sp³-hybridized carbons (Fsp3) is 0.286. The van der Waals surface area contributed by atoms with E-state index in [4.69, 9.17) is 23.2 Å². The molecule has 142 valence electrons. The molecule has 0 saturated carbocycles. The molecule has 0 bridgehead atoms. The number of aliphatic hydroxyl groups excluding tert-OH is 1. The fourth-order valence-electron chi connectivity index (χ4n) is 3.41. The predicted molar refractivity (Wildman–Crippen MR) is 104 cm³/mol. The molecule has 2 aromatic rings. The van der Waals surface area contributed by atoms with Gasteiger partial charge in [-0.05, 0) is 53.5 Å². The third kappa shape index (κ3) is 3.42. The highest BCUT2D eigenvalue weighted by Crippen LogP contribution is 2.43. The first-order valence-corrected chi connectivity index (χ1v) is 9.18. The quantitative estimate of drug-likeness (QED) is 0.601. The Kier molecular flexibility index (Phi) is 5.19. The molecule has 0 radical (unpaired) electrons. The van der Waals surface area contributed by atoms with Gasteiger partial charge in [0.05, 0.1) is 22.2 Å². The van der Waals surface area contributed by atoms with E-state index in [2.05, 4.69) is 0 Å². The van der Waals surface area contributed by atoms with Crippen molar-refractivity contribution in [2.75, 3.05) is 0 Å². The van der Waals surface area contributed by atoms with Crippen LogP contribution in [0.3, 0.4) is 0 Å². The van der Waals surface area contributed by atoms with Crippen molar-refractivity contribution in [3.8, 4) is 0 Å². The number of carbonyl (C=O) groups is 1.